The fourth-order valence-electron chi connectivity index (χ4n) is 1.93. The van der Waals surface area contributed by atoms with Crippen LogP contribution in [0.15, 0.2) is 30.3 Å². The van der Waals surface area contributed by atoms with Crippen molar-refractivity contribution in [1.29, 1.82) is 0 Å². The molecule has 1 atom stereocenters. The lowest BCUT2D eigenvalue weighted by molar-refractivity contribution is 0.224. The Bertz CT molecular complexity index is 539. The molecule has 3 heteroatoms. The summed E-state index contributed by atoms with van der Waals surface area (Å²) < 4.78 is 6.61. The van der Waals surface area contributed by atoms with E-state index in [-0.39, 0.29) is 11.1 Å². The summed E-state index contributed by atoms with van der Waals surface area (Å²) in [6, 6.07) is 10.7. The van der Waals surface area contributed by atoms with E-state index in [0.717, 1.165) is 12.8 Å². The molecule has 0 aliphatic rings. The van der Waals surface area contributed by atoms with E-state index in [1.54, 1.807) is 0 Å². The molecule has 128 valence electrons. The van der Waals surface area contributed by atoms with Gasteiger partial charge in [-0.3, -0.25) is 0 Å². The van der Waals surface area contributed by atoms with E-state index in [1.807, 2.05) is 0 Å². The Hall–Kier alpha value is -0.826. The van der Waals surface area contributed by atoms with E-state index in [4.69, 9.17) is 4.43 Å². The Balaban J connectivity index is 2.87. The van der Waals surface area contributed by atoms with Gasteiger partial charge in [0, 0.05) is 0 Å². The molecular weight excluding hydrogens is 312 g/mol. The summed E-state index contributed by atoms with van der Waals surface area (Å²) in [4.78, 5) is 0. The molecule has 0 aromatic heterocycles. The SMILES string of the molecule is CC(C)(C)[Si](C)(C)OC(C#C[Si](C)(C)C)CCc1ccccc1. The van der Waals surface area contributed by atoms with E-state index in [9.17, 15) is 0 Å². The Kier molecular flexibility index (Phi) is 6.88. The van der Waals surface area contributed by atoms with E-state index >= 15 is 0 Å². The third-order valence-corrected chi connectivity index (χ3v) is 9.77. The first-order chi connectivity index (χ1) is 10.4. The smallest absolute Gasteiger partial charge is 0.193 e. The van der Waals surface area contributed by atoms with Gasteiger partial charge in [0.1, 0.15) is 14.2 Å². The highest BCUT2D eigenvalue weighted by molar-refractivity contribution is 6.83. The second-order valence-corrected chi connectivity index (χ2v) is 18.4. The van der Waals surface area contributed by atoms with Crippen molar-refractivity contribution in [1.82, 2.24) is 0 Å². The van der Waals surface area contributed by atoms with Crippen LogP contribution in [0.5, 0.6) is 0 Å². The van der Waals surface area contributed by atoms with Crippen LogP contribution in [0, 0.1) is 11.5 Å². The molecule has 0 saturated heterocycles. The number of aryl methyl sites for hydroxylation is 1. The van der Waals surface area contributed by atoms with Crippen LogP contribution < -0.4 is 0 Å². The Morgan fingerprint density at radius 3 is 2.04 bits per heavy atom. The van der Waals surface area contributed by atoms with Crippen molar-refractivity contribution < 1.29 is 4.43 Å². The summed E-state index contributed by atoms with van der Waals surface area (Å²) in [5.41, 5.74) is 4.89. The van der Waals surface area contributed by atoms with Crippen LogP contribution in [-0.2, 0) is 10.8 Å². The molecule has 0 bridgehead atoms. The van der Waals surface area contributed by atoms with Gasteiger partial charge in [0.05, 0.1) is 0 Å². The van der Waals surface area contributed by atoms with Crippen molar-refractivity contribution in [3.63, 3.8) is 0 Å². The summed E-state index contributed by atoms with van der Waals surface area (Å²) in [7, 11) is -3.16. The molecular formula is C20H34OSi2. The number of hydrogen-bond donors (Lipinski definition) is 0. The summed E-state index contributed by atoms with van der Waals surface area (Å²) in [5.74, 6) is 3.48. The Labute approximate surface area is 146 Å². The molecule has 0 amide bonds. The van der Waals surface area contributed by atoms with Gasteiger partial charge >= 0.3 is 0 Å². The van der Waals surface area contributed by atoms with Crippen LogP contribution in [0.4, 0.5) is 0 Å². The molecule has 1 nitrogen and oxygen atoms in total. The third kappa shape index (κ3) is 7.52. The topological polar surface area (TPSA) is 9.23 Å². The summed E-state index contributed by atoms with van der Waals surface area (Å²) >= 11 is 0. The third-order valence-electron chi connectivity index (χ3n) is 4.39. The van der Waals surface area contributed by atoms with E-state index in [0.29, 0.717) is 0 Å². The highest BCUT2D eigenvalue weighted by Gasteiger charge is 2.38. The molecule has 0 aliphatic carbocycles. The first-order valence-electron chi connectivity index (χ1n) is 8.65. The van der Waals surface area contributed by atoms with E-state index in [2.05, 4.69) is 95.3 Å². The van der Waals surface area contributed by atoms with E-state index < -0.39 is 16.4 Å². The molecule has 0 heterocycles. The predicted molar refractivity (Wildman–Crippen MR) is 108 cm³/mol. The van der Waals surface area contributed by atoms with Crippen LogP contribution >= 0.6 is 0 Å². The van der Waals surface area contributed by atoms with Gasteiger partial charge in [-0.15, -0.1) is 5.54 Å². The normalized spacial score (nSPS) is 14.1. The van der Waals surface area contributed by atoms with Gasteiger partial charge in [-0.2, -0.15) is 0 Å². The first kappa shape index (κ1) is 20.2. The lowest BCUT2D eigenvalue weighted by atomic mass is 10.1. The first-order valence-corrected chi connectivity index (χ1v) is 15.1. The minimum Gasteiger partial charge on any atom is -0.403 e. The second-order valence-electron chi connectivity index (χ2n) is 8.91. The lowest BCUT2D eigenvalue weighted by Gasteiger charge is -2.38. The molecule has 0 fully saturated rings. The van der Waals surface area contributed by atoms with Crippen molar-refractivity contribution in [3.05, 3.63) is 35.9 Å². The Morgan fingerprint density at radius 2 is 1.57 bits per heavy atom. The molecule has 0 saturated carbocycles. The van der Waals surface area contributed by atoms with Crippen LogP contribution in [-0.4, -0.2) is 22.5 Å². The molecule has 1 aromatic rings. The molecule has 1 rings (SSSR count). The molecule has 1 aromatic carbocycles. The van der Waals surface area contributed by atoms with Crippen molar-refractivity contribution in [2.75, 3.05) is 0 Å². The molecule has 1 unspecified atom stereocenters. The summed E-state index contributed by atoms with van der Waals surface area (Å²) in [6.45, 7) is 18.4. The number of rotatable bonds is 5. The predicted octanol–water partition coefficient (Wildman–Crippen LogP) is 5.89. The summed E-state index contributed by atoms with van der Waals surface area (Å²) in [6.07, 6.45) is 2.07. The molecule has 0 aliphatic heterocycles. The minimum absolute atomic E-state index is 0.0582. The average molecular weight is 347 g/mol. The van der Waals surface area contributed by atoms with Gasteiger partial charge in [0.15, 0.2) is 8.32 Å². The molecule has 0 N–H and O–H groups in total. The summed E-state index contributed by atoms with van der Waals surface area (Å²) in [5, 5.41) is 0.221. The lowest BCUT2D eigenvalue weighted by Crippen LogP contribution is -2.43. The van der Waals surface area contributed by atoms with E-state index in [1.165, 1.54) is 5.56 Å². The fraction of sp³-hybridized carbons (Fsp3) is 0.600. The second kappa shape index (κ2) is 7.83. The Morgan fingerprint density at radius 1 is 1.00 bits per heavy atom. The van der Waals surface area contributed by atoms with Gasteiger partial charge in [-0.05, 0) is 36.5 Å². The zero-order valence-electron chi connectivity index (χ0n) is 16.3. The van der Waals surface area contributed by atoms with Crippen molar-refractivity contribution in [3.8, 4) is 11.5 Å². The zero-order chi connectivity index (χ0) is 17.7. The highest BCUT2D eigenvalue weighted by Crippen LogP contribution is 2.37. The maximum Gasteiger partial charge on any atom is 0.193 e. The molecule has 23 heavy (non-hydrogen) atoms. The van der Waals surface area contributed by atoms with Crippen LogP contribution in [0.2, 0.25) is 37.8 Å². The monoisotopic (exact) mass is 346 g/mol. The van der Waals surface area contributed by atoms with Crippen LogP contribution in [0.1, 0.15) is 32.8 Å². The average Bonchev–Trinajstić information content (AvgIpc) is 2.40. The van der Waals surface area contributed by atoms with Crippen LogP contribution in [0.3, 0.4) is 0 Å². The maximum absolute atomic E-state index is 6.61. The van der Waals surface area contributed by atoms with Gasteiger partial charge < -0.3 is 4.43 Å². The van der Waals surface area contributed by atoms with Crippen molar-refractivity contribution in [2.24, 2.45) is 0 Å². The standard InChI is InChI=1S/C20H34OSi2/c1-20(2,3)23(7,8)21-19(16-17-22(4,5)6)15-14-18-12-10-9-11-13-18/h9-13,19H,14-15H2,1-8H3. The highest BCUT2D eigenvalue weighted by atomic mass is 28.4. The quantitative estimate of drug-likeness (QED) is 0.477. The van der Waals surface area contributed by atoms with Gasteiger partial charge in [0.2, 0.25) is 0 Å². The molecule has 0 spiro atoms. The molecule has 0 radical (unpaired) electrons. The number of benzene rings is 1. The fourth-order valence-corrected chi connectivity index (χ4v) is 3.77. The van der Waals surface area contributed by atoms with Gasteiger partial charge in [-0.1, -0.05) is 76.7 Å². The zero-order valence-corrected chi connectivity index (χ0v) is 18.3. The van der Waals surface area contributed by atoms with Crippen LogP contribution in [0.25, 0.3) is 0 Å². The number of hydrogen-bond acceptors (Lipinski definition) is 1. The van der Waals surface area contributed by atoms with Gasteiger partial charge in [-0.25, -0.2) is 0 Å². The largest absolute Gasteiger partial charge is 0.403 e. The van der Waals surface area contributed by atoms with Crippen molar-refractivity contribution >= 4 is 16.4 Å². The minimum atomic E-state index is -1.79. The van der Waals surface area contributed by atoms with Crippen molar-refractivity contribution in [2.45, 2.75) is 77.5 Å². The maximum atomic E-state index is 6.61. The van der Waals surface area contributed by atoms with Gasteiger partial charge in [0.25, 0.3) is 0 Å².